The van der Waals surface area contributed by atoms with E-state index in [1.54, 1.807) is 42.5 Å². The number of benzene rings is 2. The summed E-state index contributed by atoms with van der Waals surface area (Å²) in [5.74, 6) is 0.0555. The first-order chi connectivity index (χ1) is 12.1. The van der Waals surface area contributed by atoms with Crippen LogP contribution in [-0.2, 0) is 4.79 Å². The Balaban J connectivity index is 1.86. The molecule has 0 aliphatic carbocycles. The number of hydrogen-bond acceptors (Lipinski definition) is 3. The molecule has 2 aromatic rings. The van der Waals surface area contributed by atoms with Crippen molar-refractivity contribution in [3.63, 3.8) is 0 Å². The standard InChI is InChI=1S/C19H12Cl2N2O2/c20-15-8-13-6-12(11-25-18(13)17(21)9-15)7-14(10-22)19(24)23-16-4-2-1-3-5-16/h1-9H,11H2,(H,23,24). The Kier molecular flexibility index (Phi) is 5.08. The Morgan fingerprint density at radius 1 is 1.24 bits per heavy atom. The van der Waals surface area contributed by atoms with Gasteiger partial charge in [0.15, 0.2) is 0 Å². The number of hydrogen-bond donors (Lipinski definition) is 1. The predicted molar refractivity (Wildman–Crippen MR) is 98.7 cm³/mol. The molecule has 6 heteroatoms. The van der Waals surface area contributed by atoms with Crippen LogP contribution in [0.2, 0.25) is 10.0 Å². The summed E-state index contributed by atoms with van der Waals surface area (Å²) in [6.07, 6.45) is 3.29. The van der Waals surface area contributed by atoms with Gasteiger partial charge in [-0.25, -0.2) is 0 Å². The monoisotopic (exact) mass is 370 g/mol. The van der Waals surface area contributed by atoms with Crippen molar-refractivity contribution >= 4 is 40.9 Å². The van der Waals surface area contributed by atoms with Gasteiger partial charge < -0.3 is 10.1 Å². The van der Waals surface area contributed by atoms with Crippen molar-refractivity contribution in [2.75, 3.05) is 11.9 Å². The number of nitrogens with zero attached hydrogens (tertiary/aromatic N) is 1. The fourth-order valence-corrected chi connectivity index (χ4v) is 2.94. The van der Waals surface area contributed by atoms with Crippen LogP contribution in [-0.4, -0.2) is 12.5 Å². The lowest BCUT2D eigenvalue weighted by atomic mass is 10.0. The lowest BCUT2D eigenvalue weighted by Crippen LogP contribution is -2.15. The summed E-state index contributed by atoms with van der Waals surface area (Å²) in [5, 5.41) is 12.9. The van der Waals surface area contributed by atoms with Gasteiger partial charge in [0.2, 0.25) is 0 Å². The van der Waals surface area contributed by atoms with Gasteiger partial charge in [-0.3, -0.25) is 4.79 Å². The van der Waals surface area contributed by atoms with Crippen LogP contribution < -0.4 is 10.1 Å². The van der Waals surface area contributed by atoms with Crippen molar-refractivity contribution in [3.05, 3.63) is 75.3 Å². The van der Waals surface area contributed by atoms with E-state index in [-0.39, 0.29) is 12.2 Å². The molecule has 0 atom stereocenters. The molecule has 1 amide bonds. The number of anilines is 1. The molecule has 25 heavy (non-hydrogen) atoms. The van der Waals surface area contributed by atoms with Crippen LogP contribution in [0.3, 0.4) is 0 Å². The number of halogens is 2. The number of rotatable bonds is 3. The minimum absolute atomic E-state index is 0.0183. The normalized spacial score (nSPS) is 13.2. The third-order valence-corrected chi connectivity index (χ3v) is 3.99. The Morgan fingerprint density at radius 2 is 2.00 bits per heavy atom. The highest BCUT2D eigenvalue weighted by molar-refractivity contribution is 6.36. The molecule has 0 saturated carbocycles. The maximum Gasteiger partial charge on any atom is 0.266 e. The second kappa shape index (κ2) is 7.43. The Labute approximate surface area is 154 Å². The molecule has 1 heterocycles. The molecule has 0 unspecified atom stereocenters. The molecule has 3 rings (SSSR count). The summed E-state index contributed by atoms with van der Waals surface area (Å²) >= 11 is 12.1. The average Bonchev–Trinajstić information content (AvgIpc) is 2.60. The summed E-state index contributed by atoms with van der Waals surface area (Å²) in [6, 6.07) is 14.2. The van der Waals surface area contributed by atoms with Crippen molar-refractivity contribution in [2.24, 2.45) is 0 Å². The first kappa shape index (κ1) is 17.1. The molecule has 1 aliphatic heterocycles. The number of carbonyl (C=O) groups excluding carboxylic acids is 1. The zero-order valence-electron chi connectivity index (χ0n) is 12.9. The molecule has 0 spiro atoms. The van der Waals surface area contributed by atoms with Crippen LogP contribution in [0.25, 0.3) is 6.08 Å². The van der Waals surface area contributed by atoms with Gasteiger partial charge in [0.05, 0.1) is 5.02 Å². The molecule has 124 valence electrons. The Bertz CT molecular complexity index is 928. The zero-order chi connectivity index (χ0) is 17.8. The van der Waals surface area contributed by atoms with Gasteiger partial charge in [0.1, 0.15) is 24.0 Å². The van der Waals surface area contributed by atoms with Crippen LogP contribution in [0.1, 0.15) is 5.56 Å². The van der Waals surface area contributed by atoms with Gasteiger partial charge in [-0.1, -0.05) is 41.4 Å². The van der Waals surface area contributed by atoms with E-state index in [0.717, 1.165) is 0 Å². The van der Waals surface area contributed by atoms with Crippen molar-refractivity contribution in [3.8, 4) is 11.8 Å². The maximum atomic E-state index is 12.3. The smallest absolute Gasteiger partial charge is 0.266 e. The maximum absolute atomic E-state index is 12.3. The highest BCUT2D eigenvalue weighted by Crippen LogP contribution is 2.36. The summed E-state index contributed by atoms with van der Waals surface area (Å²) in [7, 11) is 0. The van der Waals surface area contributed by atoms with Gasteiger partial charge in [0, 0.05) is 16.3 Å². The average molecular weight is 371 g/mol. The zero-order valence-corrected chi connectivity index (χ0v) is 14.4. The van der Waals surface area contributed by atoms with Gasteiger partial charge in [-0.2, -0.15) is 5.26 Å². The number of carbonyl (C=O) groups is 1. The van der Waals surface area contributed by atoms with Crippen molar-refractivity contribution < 1.29 is 9.53 Å². The first-order valence-corrected chi connectivity index (χ1v) is 8.13. The highest BCUT2D eigenvalue weighted by atomic mass is 35.5. The van der Waals surface area contributed by atoms with Gasteiger partial charge in [-0.15, -0.1) is 0 Å². The second-order valence-corrected chi connectivity index (χ2v) is 6.15. The van der Waals surface area contributed by atoms with E-state index in [1.165, 1.54) is 6.08 Å². The molecular formula is C19H12Cl2N2O2. The number of nitriles is 1. The lowest BCUT2D eigenvalue weighted by molar-refractivity contribution is -0.112. The number of para-hydroxylation sites is 1. The van der Waals surface area contributed by atoms with Crippen LogP contribution in [0.15, 0.2) is 59.7 Å². The van der Waals surface area contributed by atoms with Gasteiger partial charge >= 0.3 is 0 Å². The number of fused-ring (bicyclic) bond motifs is 1. The molecule has 0 bridgehead atoms. The predicted octanol–water partition coefficient (Wildman–Crippen LogP) is 4.86. The van der Waals surface area contributed by atoms with E-state index < -0.39 is 5.91 Å². The second-order valence-electron chi connectivity index (χ2n) is 5.30. The van der Waals surface area contributed by atoms with Crippen molar-refractivity contribution in [2.45, 2.75) is 0 Å². The van der Waals surface area contributed by atoms with E-state index >= 15 is 0 Å². The molecule has 4 nitrogen and oxygen atoms in total. The van der Waals surface area contributed by atoms with Crippen LogP contribution in [0.4, 0.5) is 5.69 Å². The SMILES string of the molecule is N#CC(=CC1=Cc2cc(Cl)cc(Cl)c2OC1)C(=O)Nc1ccccc1. The fraction of sp³-hybridized carbons (Fsp3) is 0.0526. The molecular weight excluding hydrogens is 359 g/mol. The minimum atomic E-state index is -0.482. The Morgan fingerprint density at radius 3 is 2.72 bits per heavy atom. The fourth-order valence-electron chi connectivity index (χ4n) is 2.37. The quantitative estimate of drug-likeness (QED) is 0.619. The van der Waals surface area contributed by atoms with E-state index in [0.29, 0.717) is 32.6 Å². The van der Waals surface area contributed by atoms with Crippen molar-refractivity contribution in [1.29, 1.82) is 5.26 Å². The van der Waals surface area contributed by atoms with Gasteiger partial charge in [-0.05, 0) is 42.0 Å². The van der Waals surface area contributed by atoms with Crippen LogP contribution >= 0.6 is 23.2 Å². The summed E-state index contributed by atoms with van der Waals surface area (Å²) in [6.45, 7) is 0.206. The molecule has 0 saturated heterocycles. The summed E-state index contributed by atoms with van der Waals surface area (Å²) in [5.41, 5.74) is 1.98. The molecule has 0 fully saturated rings. The molecule has 1 N–H and O–H groups in total. The molecule has 0 aromatic heterocycles. The van der Waals surface area contributed by atoms with E-state index in [4.69, 9.17) is 27.9 Å². The minimum Gasteiger partial charge on any atom is -0.487 e. The third kappa shape index (κ3) is 4.03. The molecule has 1 aliphatic rings. The summed E-state index contributed by atoms with van der Waals surface area (Å²) < 4.78 is 5.62. The summed E-state index contributed by atoms with van der Waals surface area (Å²) in [4.78, 5) is 12.3. The van der Waals surface area contributed by atoms with Gasteiger partial charge in [0.25, 0.3) is 5.91 Å². The third-order valence-electron chi connectivity index (χ3n) is 3.49. The number of ether oxygens (including phenoxy) is 1. The number of amides is 1. The lowest BCUT2D eigenvalue weighted by Gasteiger charge is -2.18. The number of nitrogens with one attached hydrogen (secondary N) is 1. The van der Waals surface area contributed by atoms with E-state index in [2.05, 4.69) is 5.32 Å². The highest BCUT2D eigenvalue weighted by Gasteiger charge is 2.17. The van der Waals surface area contributed by atoms with E-state index in [9.17, 15) is 10.1 Å². The Hall–Kier alpha value is -2.74. The van der Waals surface area contributed by atoms with Crippen LogP contribution in [0, 0.1) is 11.3 Å². The van der Waals surface area contributed by atoms with E-state index in [1.807, 2.05) is 12.1 Å². The topological polar surface area (TPSA) is 62.1 Å². The van der Waals surface area contributed by atoms with Crippen molar-refractivity contribution in [1.82, 2.24) is 0 Å². The molecule has 2 aromatic carbocycles. The molecule has 0 radical (unpaired) electrons. The van der Waals surface area contributed by atoms with Crippen LogP contribution in [0.5, 0.6) is 5.75 Å². The largest absolute Gasteiger partial charge is 0.487 e. The first-order valence-electron chi connectivity index (χ1n) is 7.37.